The maximum atomic E-state index is 12.2. The Balaban J connectivity index is 1.94. The first-order valence-corrected chi connectivity index (χ1v) is 7.39. The van der Waals surface area contributed by atoms with E-state index in [1.807, 2.05) is 13.8 Å². The van der Waals surface area contributed by atoms with Crippen LogP contribution in [0.4, 0.5) is 0 Å². The highest BCUT2D eigenvalue weighted by Crippen LogP contribution is 2.24. The molecule has 1 N–H and O–H groups in total. The van der Waals surface area contributed by atoms with Gasteiger partial charge in [0, 0.05) is 38.8 Å². The number of nitrogens with zero attached hydrogens (tertiary/aromatic N) is 2. The van der Waals surface area contributed by atoms with Crippen LogP contribution in [-0.2, 0) is 9.53 Å². The highest BCUT2D eigenvalue weighted by molar-refractivity contribution is 5.80. The second-order valence-corrected chi connectivity index (χ2v) is 6.05. The molecule has 0 aromatic carbocycles. The molecule has 2 fully saturated rings. The molecular formula is C14H27N3O2. The molecule has 0 aromatic heterocycles. The summed E-state index contributed by atoms with van der Waals surface area (Å²) in [5.41, 5.74) is -0.562. The van der Waals surface area contributed by atoms with E-state index in [-0.39, 0.29) is 5.97 Å². The van der Waals surface area contributed by atoms with Crippen LogP contribution in [0.2, 0.25) is 0 Å². The van der Waals surface area contributed by atoms with E-state index in [1.54, 1.807) is 0 Å². The zero-order valence-electron chi connectivity index (χ0n) is 12.4. The highest BCUT2D eigenvalue weighted by Gasteiger charge is 2.41. The lowest BCUT2D eigenvalue weighted by molar-refractivity contribution is -0.151. The monoisotopic (exact) mass is 269 g/mol. The molecule has 5 nitrogen and oxygen atoms in total. The number of carbonyl (C=O) groups is 1. The van der Waals surface area contributed by atoms with Gasteiger partial charge in [0.05, 0.1) is 6.61 Å². The molecule has 1 heterocycles. The number of nitrogens with one attached hydrogen (secondary N) is 1. The Morgan fingerprint density at radius 3 is 2.47 bits per heavy atom. The van der Waals surface area contributed by atoms with Gasteiger partial charge in [0.25, 0.3) is 0 Å². The van der Waals surface area contributed by atoms with Crippen molar-refractivity contribution in [3.05, 3.63) is 0 Å². The first-order chi connectivity index (χ1) is 9.03. The molecule has 1 atom stereocenters. The van der Waals surface area contributed by atoms with Gasteiger partial charge >= 0.3 is 5.97 Å². The molecule has 110 valence electrons. The van der Waals surface area contributed by atoms with Crippen LogP contribution in [0.3, 0.4) is 0 Å². The third-order valence-electron chi connectivity index (χ3n) is 3.96. The summed E-state index contributed by atoms with van der Waals surface area (Å²) in [5.74, 6) is -0.110. The summed E-state index contributed by atoms with van der Waals surface area (Å²) in [7, 11) is 2.14. The van der Waals surface area contributed by atoms with Crippen molar-refractivity contribution in [2.45, 2.75) is 38.3 Å². The average molecular weight is 269 g/mol. The molecule has 0 bridgehead atoms. The van der Waals surface area contributed by atoms with Gasteiger partial charge in [-0.05, 0) is 33.7 Å². The van der Waals surface area contributed by atoms with Crippen molar-refractivity contribution in [2.24, 2.45) is 0 Å². The lowest BCUT2D eigenvalue weighted by Crippen LogP contribution is -2.60. The summed E-state index contributed by atoms with van der Waals surface area (Å²) >= 11 is 0. The summed E-state index contributed by atoms with van der Waals surface area (Å²) in [6.07, 6.45) is 2.36. The van der Waals surface area contributed by atoms with Gasteiger partial charge in [0.15, 0.2) is 0 Å². The summed E-state index contributed by atoms with van der Waals surface area (Å²) in [5, 5.41) is 3.48. The van der Waals surface area contributed by atoms with Crippen molar-refractivity contribution in [1.29, 1.82) is 0 Å². The van der Waals surface area contributed by atoms with Crippen LogP contribution in [0.15, 0.2) is 0 Å². The quantitative estimate of drug-likeness (QED) is 0.703. The lowest BCUT2D eigenvalue weighted by atomic mass is 10.0. The van der Waals surface area contributed by atoms with E-state index in [1.165, 1.54) is 12.8 Å². The fourth-order valence-electron chi connectivity index (χ4n) is 2.59. The summed E-state index contributed by atoms with van der Waals surface area (Å²) in [4.78, 5) is 16.9. The minimum Gasteiger partial charge on any atom is -0.465 e. The van der Waals surface area contributed by atoms with Crippen molar-refractivity contribution in [3.8, 4) is 0 Å². The number of rotatable bonds is 6. The third-order valence-corrected chi connectivity index (χ3v) is 3.96. The Hall–Kier alpha value is -0.650. The maximum absolute atomic E-state index is 12.2. The summed E-state index contributed by atoms with van der Waals surface area (Å²) < 4.78 is 5.26. The van der Waals surface area contributed by atoms with Crippen molar-refractivity contribution >= 4 is 5.97 Å². The number of hydrogen-bond acceptors (Lipinski definition) is 5. The van der Waals surface area contributed by atoms with Crippen LogP contribution in [0.25, 0.3) is 0 Å². The molecular weight excluding hydrogens is 242 g/mol. The van der Waals surface area contributed by atoms with Crippen LogP contribution >= 0.6 is 0 Å². The molecule has 0 spiro atoms. The van der Waals surface area contributed by atoms with Gasteiger partial charge in [0.2, 0.25) is 0 Å². The zero-order chi connectivity index (χ0) is 13.9. The Morgan fingerprint density at radius 1 is 1.32 bits per heavy atom. The number of ether oxygens (including phenoxy) is 1. The van der Waals surface area contributed by atoms with Gasteiger partial charge < -0.3 is 9.64 Å². The molecule has 0 amide bonds. The minimum absolute atomic E-state index is 0.110. The van der Waals surface area contributed by atoms with Crippen molar-refractivity contribution in [1.82, 2.24) is 15.1 Å². The minimum atomic E-state index is -0.562. The summed E-state index contributed by atoms with van der Waals surface area (Å²) in [6, 6.07) is 0.502. The number of esters is 1. The number of hydrogen-bond donors (Lipinski definition) is 1. The largest absolute Gasteiger partial charge is 0.465 e. The molecule has 0 radical (unpaired) electrons. The molecule has 2 aliphatic rings. The second-order valence-electron chi connectivity index (χ2n) is 6.05. The Labute approximate surface area is 116 Å². The molecule has 1 unspecified atom stereocenters. The molecule has 19 heavy (non-hydrogen) atoms. The van der Waals surface area contributed by atoms with E-state index in [4.69, 9.17) is 4.74 Å². The normalized spacial score (nSPS) is 25.0. The lowest BCUT2D eigenvalue weighted by Gasteiger charge is -2.38. The van der Waals surface area contributed by atoms with Gasteiger partial charge in [0.1, 0.15) is 5.54 Å². The fraction of sp³-hybridized carbons (Fsp3) is 0.929. The maximum Gasteiger partial charge on any atom is 0.327 e. The molecule has 1 aliphatic carbocycles. The van der Waals surface area contributed by atoms with Crippen LogP contribution in [0.5, 0.6) is 0 Å². The predicted octanol–water partition coefficient (Wildman–Crippen LogP) is 0.308. The van der Waals surface area contributed by atoms with Crippen LogP contribution in [0, 0.1) is 0 Å². The second kappa shape index (κ2) is 6.20. The fourth-order valence-corrected chi connectivity index (χ4v) is 2.59. The molecule has 5 heteroatoms. The third kappa shape index (κ3) is 4.16. The molecule has 0 aromatic rings. The first kappa shape index (κ1) is 14.8. The van der Waals surface area contributed by atoms with E-state index < -0.39 is 5.54 Å². The van der Waals surface area contributed by atoms with Crippen LogP contribution in [-0.4, -0.2) is 73.7 Å². The number of piperazine rings is 1. The Kier molecular flexibility index (Phi) is 4.81. The molecule has 1 saturated heterocycles. The SMILES string of the molecule is CCOC(=O)C(C)(CN1CCN(C)CC1)NC1CC1. The predicted molar refractivity (Wildman–Crippen MR) is 75.1 cm³/mol. The van der Waals surface area contributed by atoms with Crippen LogP contribution in [0.1, 0.15) is 26.7 Å². The van der Waals surface area contributed by atoms with Crippen molar-refractivity contribution in [2.75, 3.05) is 46.4 Å². The first-order valence-electron chi connectivity index (χ1n) is 7.39. The zero-order valence-corrected chi connectivity index (χ0v) is 12.4. The van der Waals surface area contributed by atoms with E-state index >= 15 is 0 Å². The number of likely N-dealkylation sites (N-methyl/N-ethyl adjacent to an activating group) is 1. The number of carbonyl (C=O) groups excluding carboxylic acids is 1. The van der Waals surface area contributed by atoms with Gasteiger partial charge in [-0.2, -0.15) is 0 Å². The van der Waals surface area contributed by atoms with Crippen molar-refractivity contribution in [3.63, 3.8) is 0 Å². The average Bonchev–Trinajstić information content (AvgIpc) is 3.16. The van der Waals surface area contributed by atoms with E-state index in [9.17, 15) is 4.79 Å². The Morgan fingerprint density at radius 2 is 1.95 bits per heavy atom. The van der Waals surface area contributed by atoms with Crippen LogP contribution < -0.4 is 5.32 Å². The Bertz CT molecular complexity index is 312. The molecule has 2 rings (SSSR count). The standard InChI is InChI=1S/C14H27N3O2/c1-4-19-13(18)14(2,15-12-5-6-12)11-17-9-7-16(3)8-10-17/h12,15H,4-11H2,1-3H3. The van der Waals surface area contributed by atoms with Gasteiger partial charge in [-0.15, -0.1) is 0 Å². The molecule has 1 aliphatic heterocycles. The molecule has 1 saturated carbocycles. The van der Waals surface area contributed by atoms with E-state index in [2.05, 4.69) is 22.2 Å². The van der Waals surface area contributed by atoms with Crippen molar-refractivity contribution < 1.29 is 9.53 Å². The van der Waals surface area contributed by atoms with Gasteiger partial charge in [-0.3, -0.25) is 15.0 Å². The van der Waals surface area contributed by atoms with Gasteiger partial charge in [-0.25, -0.2) is 0 Å². The summed E-state index contributed by atoms with van der Waals surface area (Å²) in [6.45, 7) is 9.24. The van der Waals surface area contributed by atoms with E-state index in [0.29, 0.717) is 12.6 Å². The van der Waals surface area contributed by atoms with Gasteiger partial charge in [-0.1, -0.05) is 0 Å². The topological polar surface area (TPSA) is 44.8 Å². The van der Waals surface area contributed by atoms with E-state index in [0.717, 1.165) is 32.7 Å². The smallest absolute Gasteiger partial charge is 0.327 e. The highest BCUT2D eigenvalue weighted by atomic mass is 16.5.